The summed E-state index contributed by atoms with van der Waals surface area (Å²) in [6, 6.07) is 37.4. The van der Waals surface area contributed by atoms with Crippen LogP contribution < -0.4 is 33.6 Å². The first-order valence-electron chi connectivity index (χ1n) is 13.9. The Bertz CT molecular complexity index is 2000. The van der Waals surface area contributed by atoms with Crippen molar-refractivity contribution in [1.29, 1.82) is 0 Å². The van der Waals surface area contributed by atoms with E-state index in [1.807, 2.05) is 103 Å². The second-order valence-corrected chi connectivity index (χ2v) is 10.5. The molecular weight excluding hydrogens is 548 g/mol. The average Bonchev–Trinajstić information content (AvgIpc) is 3.03. The molecule has 0 saturated carbocycles. The first-order valence-corrected chi connectivity index (χ1v) is 13.9. The number of hydrogen-bond acceptors (Lipinski definition) is 6. The summed E-state index contributed by atoms with van der Waals surface area (Å²) in [6.45, 7) is 0. The van der Waals surface area contributed by atoms with E-state index in [9.17, 15) is 9.59 Å². The largest absolute Gasteiger partial charge is 0.399 e. The zero-order chi connectivity index (χ0) is 30.8. The van der Waals surface area contributed by atoms with Gasteiger partial charge in [-0.25, -0.2) is 0 Å². The molecule has 6 rings (SSSR count). The lowest BCUT2D eigenvalue weighted by Gasteiger charge is -2.18. The van der Waals surface area contributed by atoms with Crippen molar-refractivity contribution in [3.63, 3.8) is 0 Å². The number of rotatable bonds is 8. The van der Waals surface area contributed by atoms with Crippen LogP contribution in [0.5, 0.6) is 0 Å². The lowest BCUT2D eigenvalue weighted by atomic mass is 9.86. The molecule has 8 nitrogen and oxygen atoms in total. The number of hydrogen-bond donors (Lipinski definition) is 6. The number of nitrogen functional groups attached to an aromatic ring is 2. The van der Waals surface area contributed by atoms with Crippen LogP contribution in [0, 0.1) is 0 Å². The van der Waals surface area contributed by atoms with Gasteiger partial charge in [-0.3, -0.25) is 9.59 Å². The molecule has 216 valence electrons. The average molecular weight is 579 g/mol. The summed E-state index contributed by atoms with van der Waals surface area (Å²) in [6.07, 6.45) is 0. The molecule has 8 heteroatoms. The molecule has 0 bridgehead atoms. The zero-order valence-electron chi connectivity index (χ0n) is 23.7. The highest BCUT2D eigenvalue weighted by Gasteiger charge is 2.21. The molecule has 0 radical (unpaired) electrons. The minimum Gasteiger partial charge on any atom is -0.399 e. The summed E-state index contributed by atoms with van der Waals surface area (Å²) < 4.78 is 0. The highest BCUT2D eigenvalue weighted by Crippen LogP contribution is 2.40. The molecule has 0 saturated heterocycles. The molecule has 6 aromatic carbocycles. The zero-order valence-corrected chi connectivity index (χ0v) is 23.7. The van der Waals surface area contributed by atoms with Crippen LogP contribution in [-0.4, -0.2) is 11.8 Å². The summed E-state index contributed by atoms with van der Waals surface area (Å²) in [5.41, 5.74) is 31.8. The predicted octanol–water partition coefficient (Wildman–Crippen LogP) is 7.02. The SMILES string of the molecule is NC(=O)c1ccc2c(-c3ccc(Nc4ccc(N)cc4)cc3)c(C(N)=O)c(-c3ccc(Nc4ccc(N)cc4)cc3)cc2c1. The van der Waals surface area contributed by atoms with Crippen molar-refractivity contribution in [2.45, 2.75) is 0 Å². The van der Waals surface area contributed by atoms with Gasteiger partial charge >= 0.3 is 0 Å². The van der Waals surface area contributed by atoms with E-state index in [0.717, 1.165) is 44.6 Å². The van der Waals surface area contributed by atoms with Crippen molar-refractivity contribution in [3.8, 4) is 22.3 Å². The van der Waals surface area contributed by atoms with E-state index in [0.29, 0.717) is 33.6 Å². The lowest BCUT2D eigenvalue weighted by molar-refractivity contribution is 0.0992. The number of primary amides is 2. The van der Waals surface area contributed by atoms with E-state index < -0.39 is 11.8 Å². The fourth-order valence-electron chi connectivity index (χ4n) is 5.26. The Labute approximate surface area is 254 Å². The summed E-state index contributed by atoms with van der Waals surface area (Å²) in [4.78, 5) is 25.2. The van der Waals surface area contributed by atoms with Crippen molar-refractivity contribution in [2.75, 3.05) is 22.1 Å². The van der Waals surface area contributed by atoms with Gasteiger partial charge < -0.3 is 33.6 Å². The fraction of sp³-hybridized carbons (Fsp3) is 0. The molecule has 0 aliphatic heterocycles. The summed E-state index contributed by atoms with van der Waals surface area (Å²) in [7, 11) is 0. The van der Waals surface area contributed by atoms with Crippen LogP contribution in [0.1, 0.15) is 20.7 Å². The number of nitrogens with two attached hydrogens (primary N) is 4. The molecular formula is C36H30N6O2. The Hall–Kier alpha value is -6.28. The van der Waals surface area contributed by atoms with Gasteiger partial charge in [0.15, 0.2) is 0 Å². The van der Waals surface area contributed by atoms with Crippen LogP contribution in [0.25, 0.3) is 33.0 Å². The van der Waals surface area contributed by atoms with Crippen LogP contribution in [0.15, 0.2) is 121 Å². The predicted molar refractivity (Wildman–Crippen MR) is 180 cm³/mol. The summed E-state index contributed by atoms with van der Waals surface area (Å²) in [5, 5.41) is 8.23. The fourth-order valence-corrected chi connectivity index (χ4v) is 5.26. The maximum Gasteiger partial charge on any atom is 0.249 e. The van der Waals surface area contributed by atoms with E-state index in [4.69, 9.17) is 22.9 Å². The number of nitrogens with one attached hydrogen (secondary N) is 2. The topological polar surface area (TPSA) is 162 Å². The highest BCUT2D eigenvalue weighted by molar-refractivity contribution is 6.15. The maximum atomic E-state index is 13.2. The van der Waals surface area contributed by atoms with Gasteiger partial charge in [-0.1, -0.05) is 30.3 Å². The molecule has 2 amide bonds. The number of carbonyl (C=O) groups excluding carboxylic acids is 2. The van der Waals surface area contributed by atoms with Crippen molar-refractivity contribution >= 4 is 56.7 Å². The highest BCUT2D eigenvalue weighted by atomic mass is 16.1. The van der Waals surface area contributed by atoms with Crippen molar-refractivity contribution < 1.29 is 9.59 Å². The molecule has 0 spiro atoms. The van der Waals surface area contributed by atoms with Gasteiger partial charge in [0.25, 0.3) is 0 Å². The first-order chi connectivity index (χ1) is 21.2. The van der Waals surface area contributed by atoms with E-state index in [2.05, 4.69) is 10.6 Å². The van der Waals surface area contributed by atoms with Gasteiger partial charge in [-0.15, -0.1) is 0 Å². The summed E-state index contributed by atoms with van der Waals surface area (Å²) >= 11 is 0. The van der Waals surface area contributed by atoms with Crippen LogP contribution in [0.3, 0.4) is 0 Å². The molecule has 10 N–H and O–H groups in total. The molecule has 0 unspecified atom stereocenters. The van der Waals surface area contributed by atoms with E-state index in [1.165, 1.54) is 0 Å². The molecule has 0 fully saturated rings. The molecule has 6 aromatic rings. The number of carbonyl (C=O) groups is 2. The van der Waals surface area contributed by atoms with E-state index in [1.54, 1.807) is 18.2 Å². The smallest absolute Gasteiger partial charge is 0.249 e. The van der Waals surface area contributed by atoms with Gasteiger partial charge in [-0.2, -0.15) is 0 Å². The van der Waals surface area contributed by atoms with Crippen molar-refractivity contribution in [3.05, 3.63) is 132 Å². The lowest BCUT2D eigenvalue weighted by Crippen LogP contribution is -2.15. The Kier molecular flexibility index (Phi) is 7.31. The molecule has 0 aliphatic rings. The number of amides is 2. The Balaban J connectivity index is 1.45. The van der Waals surface area contributed by atoms with Crippen molar-refractivity contribution in [1.82, 2.24) is 0 Å². The van der Waals surface area contributed by atoms with E-state index in [-0.39, 0.29) is 0 Å². The molecule has 44 heavy (non-hydrogen) atoms. The van der Waals surface area contributed by atoms with Crippen LogP contribution in [0.2, 0.25) is 0 Å². The minimum atomic E-state index is -0.566. The third-order valence-electron chi connectivity index (χ3n) is 7.44. The Morgan fingerprint density at radius 2 is 0.955 bits per heavy atom. The standard InChI is InChI=1S/C36H30N6O2/c37-25-6-14-29(15-7-25)41-27-10-1-21(2-11-27)32-20-24-19-23(35(39)43)5-18-31(24)33(34(32)36(40)44)22-3-12-28(13-4-22)42-30-16-8-26(38)9-17-30/h1-20,41-42H,37-38H2,(H2,39,43)(H2,40,44). The quantitative estimate of drug-likeness (QED) is 0.106. The second-order valence-electron chi connectivity index (χ2n) is 10.5. The van der Waals surface area contributed by atoms with Gasteiger partial charge in [0, 0.05) is 45.3 Å². The maximum absolute atomic E-state index is 13.2. The van der Waals surface area contributed by atoms with Crippen LogP contribution in [-0.2, 0) is 0 Å². The van der Waals surface area contributed by atoms with Crippen LogP contribution >= 0.6 is 0 Å². The normalized spacial score (nSPS) is 10.8. The molecule has 0 heterocycles. The van der Waals surface area contributed by atoms with Gasteiger partial charge in [0.05, 0.1) is 5.56 Å². The third-order valence-corrected chi connectivity index (χ3v) is 7.44. The number of fused-ring (bicyclic) bond motifs is 1. The number of benzene rings is 6. The molecule has 0 aliphatic carbocycles. The molecule has 0 atom stereocenters. The van der Waals surface area contributed by atoms with Crippen LogP contribution in [0.4, 0.5) is 34.1 Å². The van der Waals surface area contributed by atoms with Crippen molar-refractivity contribution in [2.24, 2.45) is 11.5 Å². The van der Waals surface area contributed by atoms with Gasteiger partial charge in [0.2, 0.25) is 11.8 Å². The number of anilines is 6. The Morgan fingerprint density at radius 1 is 0.500 bits per heavy atom. The van der Waals surface area contributed by atoms with E-state index >= 15 is 0 Å². The Morgan fingerprint density at radius 3 is 1.41 bits per heavy atom. The van der Waals surface area contributed by atoms with Gasteiger partial charge in [-0.05, 0) is 118 Å². The molecule has 0 aromatic heterocycles. The van der Waals surface area contributed by atoms with Gasteiger partial charge in [0.1, 0.15) is 0 Å². The summed E-state index contributed by atoms with van der Waals surface area (Å²) in [5.74, 6) is -1.10. The monoisotopic (exact) mass is 578 g/mol. The first kappa shape index (κ1) is 27.9. The third kappa shape index (κ3) is 5.73. The minimum absolute atomic E-state index is 0.368. The second kappa shape index (κ2) is 11.5.